The summed E-state index contributed by atoms with van der Waals surface area (Å²) in [5, 5.41) is 13.4. The molecule has 3 aromatic rings. The number of fused-ring (bicyclic) bond motifs is 2. The van der Waals surface area contributed by atoms with Gasteiger partial charge in [-0.3, -0.25) is 10.1 Å². The van der Waals surface area contributed by atoms with E-state index >= 15 is 0 Å². The average molecular weight is 213 g/mol. The van der Waals surface area contributed by atoms with E-state index in [9.17, 15) is 10.1 Å². The van der Waals surface area contributed by atoms with Crippen LogP contribution in [0.4, 0.5) is 5.88 Å². The molecular weight excluding hydrogens is 206 g/mol. The van der Waals surface area contributed by atoms with Gasteiger partial charge in [0.15, 0.2) is 0 Å². The van der Waals surface area contributed by atoms with E-state index in [2.05, 4.69) is 0 Å². The number of nitrogens with zero attached hydrogens (tertiary/aromatic N) is 1. The van der Waals surface area contributed by atoms with Crippen molar-refractivity contribution in [3.63, 3.8) is 0 Å². The summed E-state index contributed by atoms with van der Waals surface area (Å²) in [6.45, 7) is 0. The number of nitro groups is 1. The Hall–Kier alpha value is -2.36. The van der Waals surface area contributed by atoms with Crippen molar-refractivity contribution < 1.29 is 9.34 Å². The summed E-state index contributed by atoms with van der Waals surface area (Å²) in [5.74, 6) is -0.217. The molecule has 0 fully saturated rings. The van der Waals surface area contributed by atoms with Crippen molar-refractivity contribution in [3.05, 3.63) is 52.6 Å². The average Bonchev–Trinajstić information content (AvgIpc) is 2.68. The van der Waals surface area contributed by atoms with E-state index < -0.39 is 4.92 Å². The van der Waals surface area contributed by atoms with Crippen LogP contribution in [0.2, 0.25) is 0 Å². The van der Waals surface area contributed by atoms with Crippen LogP contribution < -0.4 is 0 Å². The summed E-state index contributed by atoms with van der Waals surface area (Å²) >= 11 is 0. The van der Waals surface area contributed by atoms with Gasteiger partial charge in [0, 0.05) is 5.39 Å². The molecule has 0 radical (unpaired) electrons. The third-order valence-corrected chi connectivity index (χ3v) is 2.55. The number of hydrogen-bond acceptors (Lipinski definition) is 3. The zero-order chi connectivity index (χ0) is 11.1. The summed E-state index contributed by atoms with van der Waals surface area (Å²) < 4.78 is 5.14. The highest BCUT2D eigenvalue weighted by atomic mass is 16.6. The lowest BCUT2D eigenvalue weighted by atomic mass is 10.1. The molecular formula is C12H7NO3. The van der Waals surface area contributed by atoms with Gasteiger partial charge >= 0.3 is 5.88 Å². The Balaban J connectivity index is 2.38. The zero-order valence-corrected chi connectivity index (χ0v) is 8.21. The molecule has 0 saturated heterocycles. The molecule has 0 amide bonds. The van der Waals surface area contributed by atoms with Gasteiger partial charge in [-0.25, -0.2) is 0 Å². The van der Waals surface area contributed by atoms with Crippen molar-refractivity contribution in [2.75, 3.05) is 0 Å². The molecule has 0 aliphatic heterocycles. The normalized spacial score (nSPS) is 11.0. The quantitative estimate of drug-likeness (QED) is 0.459. The van der Waals surface area contributed by atoms with Gasteiger partial charge in [-0.15, -0.1) is 0 Å². The highest BCUT2D eigenvalue weighted by Gasteiger charge is 2.13. The fourth-order valence-corrected chi connectivity index (χ4v) is 1.80. The Labute approximate surface area is 90.2 Å². The van der Waals surface area contributed by atoms with Gasteiger partial charge in [-0.05, 0) is 22.9 Å². The van der Waals surface area contributed by atoms with Crippen molar-refractivity contribution in [2.45, 2.75) is 0 Å². The smallest absolute Gasteiger partial charge is 0.401 e. The van der Waals surface area contributed by atoms with Crippen molar-refractivity contribution in [1.82, 2.24) is 0 Å². The van der Waals surface area contributed by atoms with Gasteiger partial charge in [0.25, 0.3) is 0 Å². The third kappa shape index (κ3) is 1.24. The molecule has 3 rings (SSSR count). The van der Waals surface area contributed by atoms with E-state index in [0.29, 0.717) is 5.58 Å². The minimum atomic E-state index is -0.523. The molecule has 2 aromatic carbocycles. The lowest BCUT2D eigenvalue weighted by molar-refractivity contribution is -0.401. The fourth-order valence-electron chi connectivity index (χ4n) is 1.80. The Morgan fingerprint density at radius 1 is 1.00 bits per heavy atom. The second-order valence-corrected chi connectivity index (χ2v) is 3.58. The summed E-state index contributed by atoms with van der Waals surface area (Å²) in [6.07, 6.45) is 0. The molecule has 0 unspecified atom stereocenters. The van der Waals surface area contributed by atoms with E-state index in [4.69, 9.17) is 4.42 Å². The maximum atomic E-state index is 10.6. The maximum absolute atomic E-state index is 10.6. The molecule has 0 atom stereocenters. The van der Waals surface area contributed by atoms with Crippen molar-refractivity contribution in [2.24, 2.45) is 0 Å². The molecule has 0 aliphatic rings. The predicted molar refractivity (Wildman–Crippen MR) is 60.4 cm³/mol. The van der Waals surface area contributed by atoms with Gasteiger partial charge in [0.2, 0.25) is 0 Å². The Morgan fingerprint density at radius 3 is 2.38 bits per heavy atom. The highest BCUT2D eigenvalue weighted by Crippen LogP contribution is 2.28. The van der Waals surface area contributed by atoms with Crippen molar-refractivity contribution >= 4 is 27.6 Å². The molecule has 4 heteroatoms. The molecule has 78 valence electrons. The maximum Gasteiger partial charge on any atom is 0.434 e. The van der Waals surface area contributed by atoms with E-state index in [0.717, 1.165) is 16.2 Å². The molecule has 0 N–H and O–H groups in total. The number of hydrogen-bond donors (Lipinski definition) is 0. The van der Waals surface area contributed by atoms with E-state index in [1.807, 2.05) is 36.4 Å². The minimum absolute atomic E-state index is 0.217. The molecule has 0 saturated carbocycles. The zero-order valence-electron chi connectivity index (χ0n) is 8.21. The van der Waals surface area contributed by atoms with Gasteiger partial charge < -0.3 is 4.42 Å². The van der Waals surface area contributed by atoms with Crippen LogP contribution in [0, 0.1) is 10.1 Å². The first-order chi connectivity index (χ1) is 7.74. The van der Waals surface area contributed by atoms with Crippen LogP contribution >= 0.6 is 0 Å². The standard InChI is InChI=1S/C12H7NO3/c14-13(15)12-7-10-5-8-3-1-2-4-9(8)6-11(10)16-12/h1-7H. The first-order valence-corrected chi connectivity index (χ1v) is 4.81. The molecule has 0 bridgehead atoms. The first-order valence-electron chi connectivity index (χ1n) is 4.81. The fraction of sp³-hybridized carbons (Fsp3) is 0. The van der Waals surface area contributed by atoms with Crippen LogP contribution in [0.25, 0.3) is 21.7 Å². The van der Waals surface area contributed by atoms with Crippen LogP contribution in [-0.2, 0) is 0 Å². The molecule has 0 aliphatic carbocycles. The monoisotopic (exact) mass is 213 g/mol. The predicted octanol–water partition coefficient (Wildman–Crippen LogP) is 3.49. The van der Waals surface area contributed by atoms with Crippen molar-refractivity contribution in [3.8, 4) is 0 Å². The van der Waals surface area contributed by atoms with Gasteiger partial charge in [-0.2, -0.15) is 0 Å². The first kappa shape index (κ1) is 8.91. The highest BCUT2D eigenvalue weighted by molar-refractivity contribution is 5.96. The van der Waals surface area contributed by atoms with Gasteiger partial charge in [0.1, 0.15) is 10.5 Å². The summed E-state index contributed by atoms with van der Waals surface area (Å²) in [7, 11) is 0. The summed E-state index contributed by atoms with van der Waals surface area (Å²) in [6, 6.07) is 12.9. The Kier molecular flexibility index (Phi) is 1.71. The molecule has 0 spiro atoms. The number of furan rings is 1. The van der Waals surface area contributed by atoms with Gasteiger partial charge in [0.05, 0.1) is 6.07 Å². The summed E-state index contributed by atoms with van der Waals surface area (Å²) in [4.78, 5) is 10.1. The SMILES string of the molecule is O=[N+]([O-])c1cc2cc3ccccc3cc2o1. The lowest BCUT2D eigenvalue weighted by Crippen LogP contribution is -1.82. The molecule has 4 nitrogen and oxygen atoms in total. The third-order valence-electron chi connectivity index (χ3n) is 2.55. The minimum Gasteiger partial charge on any atom is -0.401 e. The molecule has 1 aromatic heterocycles. The van der Waals surface area contributed by atoms with Crippen LogP contribution in [0.1, 0.15) is 0 Å². The van der Waals surface area contributed by atoms with Crippen LogP contribution in [0.15, 0.2) is 46.9 Å². The second-order valence-electron chi connectivity index (χ2n) is 3.58. The number of rotatable bonds is 1. The van der Waals surface area contributed by atoms with Crippen LogP contribution in [0.5, 0.6) is 0 Å². The molecule has 16 heavy (non-hydrogen) atoms. The van der Waals surface area contributed by atoms with Crippen LogP contribution in [-0.4, -0.2) is 4.92 Å². The van der Waals surface area contributed by atoms with E-state index in [-0.39, 0.29) is 5.88 Å². The second kappa shape index (κ2) is 3.06. The van der Waals surface area contributed by atoms with Gasteiger partial charge in [-0.1, -0.05) is 24.3 Å². The Morgan fingerprint density at radius 2 is 1.69 bits per heavy atom. The van der Waals surface area contributed by atoms with Crippen LogP contribution in [0.3, 0.4) is 0 Å². The lowest BCUT2D eigenvalue weighted by Gasteiger charge is -1.95. The topological polar surface area (TPSA) is 56.3 Å². The summed E-state index contributed by atoms with van der Waals surface area (Å²) in [5.41, 5.74) is 0.547. The van der Waals surface area contributed by atoms with Crippen molar-refractivity contribution in [1.29, 1.82) is 0 Å². The van der Waals surface area contributed by atoms with E-state index in [1.165, 1.54) is 6.07 Å². The largest absolute Gasteiger partial charge is 0.434 e. The number of benzene rings is 2. The molecule has 1 heterocycles. The Bertz CT molecular complexity index is 647. The van der Waals surface area contributed by atoms with E-state index in [1.54, 1.807) is 0 Å².